The van der Waals surface area contributed by atoms with Gasteiger partial charge in [-0.05, 0) is 25.7 Å². The van der Waals surface area contributed by atoms with Crippen LogP contribution in [0.1, 0.15) is 61.0 Å². The number of methoxy groups -OCH3 is 1. The maximum atomic E-state index is 12.8. The summed E-state index contributed by atoms with van der Waals surface area (Å²) in [5.41, 5.74) is 0.974. The van der Waals surface area contributed by atoms with Gasteiger partial charge in [-0.2, -0.15) is 0 Å². The fourth-order valence-electron chi connectivity index (χ4n) is 2.80. The fourth-order valence-corrected chi connectivity index (χ4v) is 2.80. The Morgan fingerprint density at radius 2 is 2.12 bits per heavy atom. The number of rotatable bonds is 4. The molecule has 0 aliphatic carbocycles. The lowest BCUT2D eigenvalue weighted by Crippen LogP contribution is -2.51. The Kier molecular flexibility index (Phi) is 7.74. The highest BCUT2D eigenvalue weighted by Crippen LogP contribution is 2.31. The molecule has 1 aromatic rings. The minimum absolute atomic E-state index is 0. The first-order valence-corrected chi connectivity index (χ1v) is 8.60. The lowest BCUT2D eigenvalue weighted by Gasteiger charge is -2.29. The van der Waals surface area contributed by atoms with Gasteiger partial charge in [0.05, 0.1) is 13.2 Å². The van der Waals surface area contributed by atoms with Crippen molar-refractivity contribution in [1.29, 1.82) is 0 Å². The number of carbonyl (C=O) groups excluding carboxylic acids is 2. The molecule has 0 bridgehead atoms. The molecule has 1 aliphatic heterocycles. The van der Waals surface area contributed by atoms with E-state index >= 15 is 0 Å². The number of amides is 2. The molecule has 7 nitrogen and oxygen atoms in total. The minimum Gasteiger partial charge on any atom is -0.453 e. The first-order valence-electron chi connectivity index (χ1n) is 8.60. The van der Waals surface area contributed by atoms with Crippen LogP contribution in [0, 0.1) is 12.8 Å². The van der Waals surface area contributed by atoms with E-state index in [1.54, 1.807) is 11.1 Å². The predicted molar refractivity (Wildman–Crippen MR) is 96.8 cm³/mol. The van der Waals surface area contributed by atoms with Gasteiger partial charge in [-0.25, -0.2) is 9.78 Å². The van der Waals surface area contributed by atoms with Crippen molar-refractivity contribution in [3.8, 4) is 0 Å². The number of ether oxygens (including phenoxy) is 1. The zero-order chi connectivity index (χ0) is 18.3. The summed E-state index contributed by atoms with van der Waals surface area (Å²) in [7, 11) is 1.29. The molecule has 2 amide bonds. The third-order valence-electron chi connectivity index (χ3n) is 3.97. The van der Waals surface area contributed by atoms with Crippen LogP contribution in [-0.2, 0) is 9.53 Å². The van der Waals surface area contributed by atoms with E-state index in [1.807, 2.05) is 34.6 Å². The number of carbonyl (C=O) groups is 2. The van der Waals surface area contributed by atoms with E-state index in [2.05, 4.69) is 20.0 Å². The molecule has 2 unspecified atom stereocenters. The molecule has 2 heterocycles. The molecule has 7 heteroatoms. The van der Waals surface area contributed by atoms with Gasteiger partial charge in [0.2, 0.25) is 5.91 Å². The smallest absolute Gasteiger partial charge is 0.407 e. The van der Waals surface area contributed by atoms with Crippen molar-refractivity contribution in [1.82, 2.24) is 20.2 Å². The number of nitrogens with one attached hydrogen (secondary N) is 2. The number of imidazole rings is 1. The van der Waals surface area contributed by atoms with Crippen LogP contribution in [0.5, 0.6) is 0 Å². The molecular formula is C17H34N4O3. The normalized spacial score (nSPS) is 18.0. The average molecular weight is 342 g/mol. The minimum atomic E-state index is -0.593. The van der Waals surface area contributed by atoms with E-state index < -0.39 is 12.1 Å². The Morgan fingerprint density at radius 1 is 1.46 bits per heavy atom. The van der Waals surface area contributed by atoms with Crippen LogP contribution in [0.25, 0.3) is 0 Å². The molecule has 0 saturated carbocycles. The van der Waals surface area contributed by atoms with Gasteiger partial charge in [-0.15, -0.1) is 0 Å². The van der Waals surface area contributed by atoms with Crippen molar-refractivity contribution < 1.29 is 17.2 Å². The van der Waals surface area contributed by atoms with E-state index in [0.717, 1.165) is 24.4 Å². The highest BCUT2D eigenvalue weighted by Gasteiger charge is 2.37. The number of aromatic amines is 1. The number of alkyl carbamates (subject to hydrolysis) is 1. The number of aryl methyl sites for hydroxylation is 1. The van der Waals surface area contributed by atoms with Crippen molar-refractivity contribution in [2.45, 2.75) is 59.5 Å². The third-order valence-corrected chi connectivity index (χ3v) is 3.97. The summed E-state index contributed by atoms with van der Waals surface area (Å²) in [5, 5.41) is 2.64. The van der Waals surface area contributed by atoms with Crippen molar-refractivity contribution in [3.05, 3.63) is 17.7 Å². The molecule has 2 atom stereocenters. The lowest BCUT2D eigenvalue weighted by molar-refractivity contribution is -0.135. The molecule has 1 saturated heterocycles. The van der Waals surface area contributed by atoms with Crippen LogP contribution in [-0.4, -0.2) is 46.6 Å². The zero-order valence-corrected chi connectivity index (χ0v) is 15.5. The van der Waals surface area contributed by atoms with Crippen LogP contribution in [0.3, 0.4) is 0 Å². The van der Waals surface area contributed by atoms with Gasteiger partial charge in [-0.3, -0.25) is 4.79 Å². The van der Waals surface area contributed by atoms with Gasteiger partial charge in [0.1, 0.15) is 11.9 Å². The van der Waals surface area contributed by atoms with Crippen LogP contribution in [0.2, 0.25) is 0 Å². The maximum absolute atomic E-state index is 12.8. The van der Waals surface area contributed by atoms with Crippen molar-refractivity contribution in [3.63, 3.8) is 0 Å². The number of hydrogen-bond acceptors (Lipinski definition) is 4. The number of nitrogens with zero attached hydrogens (tertiary/aromatic N) is 2. The van der Waals surface area contributed by atoms with Crippen molar-refractivity contribution >= 4 is 12.0 Å². The van der Waals surface area contributed by atoms with Crippen molar-refractivity contribution in [2.24, 2.45) is 5.92 Å². The number of hydrogen-bond donors (Lipinski definition) is 2. The van der Waals surface area contributed by atoms with E-state index in [1.165, 1.54) is 7.11 Å². The second-order valence-corrected chi connectivity index (χ2v) is 6.00. The summed E-state index contributed by atoms with van der Waals surface area (Å²) < 4.78 is 4.62. The molecule has 2 rings (SSSR count). The summed E-state index contributed by atoms with van der Waals surface area (Å²) in [6.07, 6.45) is 2.99. The molecule has 0 radical (unpaired) electrons. The Hall–Kier alpha value is -2.05. The fraction of sp³-hybridized carbons (Fsp3) is 0.706. The topological polar surface area (TPSA) is 87.3 Å². The van der Waals surface area contributed by atoms with Gasteiger partial charge >= 0.3 is 6.09 Å². The standard InChI is InChI=1S/C15H24N4O3.C2H6.2H2/c1-9(2)12(18-15(21)22-4)14(20)19-7-5-6-11(19)13-16-8-10(3)17-13;1-2;;/h8-9,11-12H,5-7H2,1-4H3,(H,16,17)(H,18,21);1-2H3;2*1H. The Bertz CT molecular complexity index is 552. The summed E-state index contributed by atoms with van der Waals surface area (Å²) in [4.78, 5) is 33.7. The molecule has 1 fully saturated rings. The summed E-state index contributed by atoms with van der Waals surface area (Å²) in [5.74, 6) is 0.701. The summed E-state index contributed by atoms with van der Waals surface area (Å²) in [6.45, 7) is 10.4. The highest BCUT2D eigenvalue weighted by molar-refractivity contribution is 5.86. The van der Waals surface area contributed by atoms with Crippen molar-refractivity contribution in [2.75, 3.05) is 13.7 Å². The van der Waals surface area contributed by atoms with Crippen LogP contribution in [0.15, 0.2) is 6.20 Å². The molecule has 24 heavy (non-hydrogen) atoms. The predicted octanol–water partition coefficient (Wildman–Crippen LogP) is 3.28. The monoisotopic (exact) mass is 342 g/mol. The first-order chi connectivity index (χ1) is 11.4. The number of aromatic nitrogens is 2. The Balaban J connectivity index is 0. The molecule has 1 aliphatic rings. The Labute approximate surface area is 147 Å². The van der Waals surface area contributed by atoms with Gasteiger partial charge in [0.15, 0.2) is 0 Å². The number of H-pyrrole nitrogens is 1. The number of likely N-dealkylation sites (tertiary alicyclic amines) is 1. The molecule has 0 spiro atoms. The highest BCUT2D eigenvalue weighted by atomic mass is 16.5. The van der Waals surface area contributed by atoms with Crippen LogP contribution in [0.4, 0.5) is 4.79 Å². The molecule has 140 valence electrons. The first kappa shape index (κ1) is 20.0. The molecular weight excluding hydrogens is 308 g/mol. The lowest BCUT2D eigenvalue weighted by atomic mass is 10.0. The third kappa shape index (κ3) is 4.72. The summed E-state index contributed by atoms with van der Waals surface area (Å²) in [6, 6.07) is -0.647. The quantitative estimate of drug-likeness (QED) is 0.879. The van der Waals surface area contributed by atoms with E-state index in [-0.39, 0.29) is 20.7 Å². The van der Waals surface area contributed by atoms with Crippen LogP contribution >= 0.6 is 0 Å². The molecule has 2 N–H and O–H groups in total. The second kappa shape index (κ2) is 9.30. The van der Waals surface area contributed by atoms with E-state index in [4.69, 9.17) is 0 Å². The van der Waals surface area contributed by atoms with Crippen LogP contribution < -0.4 is 5.32 Å². The van der Waals surface area contributed by atoms with Gasteiger partial charge in [0, 0.05) is 21.3 Å². The largest absolute Gasteiger partial charge is 0.453 e. The summed E-state index contributed by atoms with van der Waals surface area (Å²) >= 11 is 0. The second-order valence-electron chi connectivity index (χ2n) is 6.00. The molecule has 0 aromatic carbocycles. The van der Waals surface area contributed by atoms with Gasteiger partial charge < -0.3 is 19.9 Å². The zero-order valence-electron chi connectivity index (χ0n) is 15.5. The van der Waals surface area contributed by atoms with Gasteiger partial charge in [-0.1, -0.05) is 27.7 Å². The Morgan fingerprint density at radius 3 is 2.62 bits per heavy atom. The molecule has 1 aromatic heterocycles. The average Bonchev–Trinajstić information content (AvgIpc) is 3.21. The SMILES string of the molecule is CC.COC(=O)NC(C(=O)N1CCCC1c1ncc(C)[nH]1)C(C)C.[HH].[HH]. The van der Waals surface area contributed by atoms with E-state index in [9.17, 15) is 9.59 Å². The maximum Gasteiger partial charge on any atom is 0.407 e. The van der Waals surface area contributed by atoms with E-state index in [0.29, 0.717) is 6.54 Å². The van der Waals surface area contributed by atoms with Gasteiger partial charge in [0.25, 0.3) is 0 Å².